The lowest BCUT2D eigenvalue weighted by Crippen LogP contribution is -2.48. The molecule has 0 aromatic rings. The summed E-state index contributed by atoms with van der Waals surface area (Å²) in [5, 5.41) is 10.9. The fourth-order valence-corrected chi connectivity index (χ4v) is 2.36. The SMILES string of the molecule is CC1CN(C(=O)C(=O)NCC#N)CCS1. The Labute approximate surface area is 92.8 Å². The lowest BCUT2D eigenvalue weighted by atomic mass is 10.3. The van der Waals surface area contributed by atoms with Gasteiger partial charge in [0.1, 0.15) is 6.54 Å². The molecule has 1 aliphatic rings. The van der Waals surface area contributed by atoms with Gasteiger partial charge in [0.25, 0.3) is 0 Å². The van der Waals surface area contributed by atoms with Crippen LogP contribution in [0.2, 0.25) is 0 Å². The van der Waals surface area contributed by atoms with Crippen molar-refractivity contribution < 1.29 is 9.59 Å². The minimum atomic E-state index is -0.685. The normalized spacial score (nSPS) is 20.5. The highest BCUT2D eigenvalue weighted by atomic mass is 32.2. The number of nitriles is 1. The zero-order valence-electron chi connectivity index (χ0n) is 8.52. The van der Waals surface area contributed by atoms with E-state index in [-0.39, 0.29) is 6.54 Å². The van der Waals surface area contributed by atoms with Gasteiger partial charge in [-0.25, -0.2) is 0 Å². The van der Waals surface area contributed by atoms with Crippen LogP contribution in [0.15, 0.2) is 0 Å². The summed E-state index contributed by atoms with van der Waals surface area (Å²) in [6, 6.07) is 1.76. The van der Waals surface area contributed by atoms with Crippen LogP contribution in [0.4, 0.5) is 0 Å². The first-order chi connectivity index (χ1) is 7.15. The number of hydrogen-bond acceptors (Lipinski definition) is 4. The van der Waals surface area contributed by atoms with E-state index < -0.39 is 11.8 Å². The molecule has 1 fully saturated rings. The number of hydrogen-bond donors (Lipinski definition) is 1. The van der Waals surface area contributed by atoms with E-state index in [0.29, 0.717) is 18.3 Å². The molecule has 0 bridgehead atoms. The summed E-state index contributed by atoms with van der Waals surface area (Å²) in [6.07, 6.45) is 0. The van der Waals surface area contributed by atoms with E-state index in [0.717, 1.165) is 5.75 Å². The van der Waals surface area contributed by atoms with Gasteiger partial charge < -0.3 is 10.2 Å². The van der Waals surface area contributed by atoms with Gasteiger partial charge in [-0.1, -0.05) is 6.92 Å². The first-order valence-corrected chi connectivity index (χ1v) is 5.75. The molecule has 5 nitrogen and oxygen atoms in total. The number of carbonyl (C=O) groups is 2. The van der Waals surface area contributed by atoms with Gasteiger partial charge in [-0.15, -0.1) is 0 Å². The van der Waals surface area contributed by atoms with Gasteiger partial charge in [0, 0.05) is 24.1 Å². The molecule has 0 radical (unpaired) electrons. The molecular weight excluding hydrogens is 214 g/mol. The Morgan fingerprint density at radius 3 is 3.00 bits per heavy atom. The monoisotopic (exact) mass is 227 g/mol. The van der Waals surface area contributed by atoms with Crippen LogP contribution in [0.25, 0.3) is 0 Å². The van der Waals surface area contributed by atoms with Crippen LogP contribution in [-0.4, -0.2) is 47.4 Å². The van der Waals surface area contributed by atoms with E-state index in [1.807, 2.05) is 6.92 Å². The highest BCUT2D eigenvalue weighted by Crippen LogP contribution is 2.17. The van der Waals surface area contributed by atoms with Crippen LogP contribution in [0.5, 0.6) is 0 Å². The number of thioether (sulfide) groups is 1. The maximum atomic E-state index is 11.5. The van der Waals surface area contributed by atoms with E-state index in [2.05, 4.69) is 5.32 Å². The van der Waals surface area contributed by atoms with Crippen LogP contribution < -0.4 is 5.32 Å². The Kier molecular flexibility index (Phi) is 4.43. The third-order valence-electron chi connectivity index (χ3n) is 2.05. The van der Waals surface area contributed by atoms with E-state index in [1.54, 1.807) is 17.8 Å². The first-order valence-electron chi connectivity index (χ1n) is 4.71. The number of rotatable bonds is 1. The molecule has 1 aliphatic heterocycles. The molecule has 6 heteroatoms. The van der Waals surface area contributed by atoms with Crippen LogP contribution >= 0.6 is 11.8 Å². The van der Waals surface area contributed by atoms with Gasteiger partial charge in [0.15, 0.2) is 0 Å². The minimum Gasteiger partial charge on any atom is -0.335 e. The highest BCUT2D eigenvalue weighted by Gasteiger charge is 2.25. The summed E-state index contributed by atoms with van der Waals surface area (Å²) in [7, 11) is 0. The second kappa shape index (κ2) is 5.61. The third kappa shape index (κ3) is 3.44. The van der Waals surface area contributed by atoms with Gasteiger partial charge >= 0.3 is 11.8 Å². The number of carbonyl (C=O) groups excluding carboxylic acids is 2. The van der Waals surface area contributed by atoms with Crippen LogP contribution in [0.3, 0.4) is 0 Å². The first kappa shape index (κ1) is 11.9. The predicted octanol–water partition coefficient (Wildman–Crippen LogP) is -0.410. The smallest absolute Gasteiger partial charge is 0.311 e. The molecular formula is C9H13N3O2S. The number of amides is 2. The fourth-order valence-electron chi connectivity index (χ4n) is 1.34. The number of nitrogens with one attached hydrogen (secondary N) is 1. The van der Waals surface area contributed by atoms with Crippen molar-refractivity contribution in [1.82, 2.24) is 10.2 Å². The topological polar surface area (TPSA) is 73.2 Å². The fraction of sp³-hybridized carbons (Fsp3) is 0.667. The van der Waals surface area contributed by atoms with Crippen LogP contribution in [0, 0.1) is 11.3 Å². The van der Waals surface area contributed by atoms with Gasteiger partial charge in [0.05, 0.1) is 6.07 Å². The van der Waals surface area contributed by atoms with Crippen molar-refractivity contribution in [2.45, 2.75) is 12.2 Å². The molecule has 1 N–H and O–H groups in total. The van der Waals surface area contributed by atoms with Crippen LogP contribution in [-0.2, 0) is 9.59 Å². The molecule has 1 rings (SSSR count). The lowest BCUT2D eigenvalue weighted by Gasteiger charge is -2.29. The van der Waals surface area contributed by atoms with Crippen molar-refractivity contribution in [3.05, 3.63) is 0 Å². The minimum absolute atomic E-state index is 0.122. The van der Waals surface area contributed by atoms with E-state index in [1.165, 1.54) is 4.90 Å². The Morgan fingerprint density at radius 2 is 2.40 bits per heavy atom. The maximum Gasteiger partial charge on any atom is 0.311 e. The highest BCUT2D eigenvalue weighted by molar-refractivity contribution is 7.99. The lowest BCUT2D eigenvalue weighted by molar-refractivity contribution is -0.145. The number of nitrogens with zero attached hydrogens (tertiary/aromatic N) is 2. The molecule has 0 saturated carbocycles. The molecule has 0 aromatic heterocycles. The molecule has 82 valence electrons. The molecule has 1 heterocycles. The van der Waals surface area contributed by atoms with E-state index in [4.69, 9.17) is 5.26 Å². The van der Waals surface area contributed by atoms with Crippen molar-refractivity contribution in [2.24, 2.45) is 0 Å². The largest absolute Gasteiger partial charge is 0.335 e. The molecule has 2 amide bonds. The predicted molar refractivity (Wildman–Crippen MR) is 57.1 cm³/mol. The van der Waals surface area contributed by atoms with Gasteiger partial charge in [-0.3, -0.25) is 9.59 Å². The zero-order chi connectivity index (χ0) is 11.3. The van der Waals surface area contributed by atoms with Gasteiger partial charge in [-0.2, -0.15) is 17.0 Å². The van der Waals surface area contributed by atoms with Crippen molar-refractivity contribution >= 4 is 23.6 Å². The summed E-state index contributed by atoms with van der Waals surface area (Å²) >= 11 is 1.79. The van der Waals surface area contributed by atoms with Crippen LogP contribution in [0.1, 0.15) is 6.92 Å². The summed E-state index contributed by atoms with van der Waals surface area (Å²) in [5.74, 6) is -0.355. The standard InChI is InChI=1S/C9H13N3O2S/c1-7-6-12(4-5-15-7)9(14)8(13)11-3-2-10/h7H,3-6H2,1H3,(H,11,13). The van der Waals surface area contributed by atoms with Crippen molar-refractivity contribution in [1.29, 1.82) is 5.26 Å². The summed E-state index contributed by atoms with van der Waals surface area (Å²) in [5.41, 5.74) is 0. The van der Waals surface area contributed by atoms with Crippen molar-refractivity contribution in [3.8, 4) is 6.07 Å². The average Bonchev–Trinajstić information content (AvgIpc) is 2.24. The third-order valence-corrected chi connectivity index (χ3v) is 3.19. The Bertz CT molecular complexity index is 300. The quantitative estimate of drug-likeness (QED) is 0.488. The molecule has 1 unspecified atom stereocenters. The van der Waals surface area contributed by atoms with Gasteiger partial charge in [0.2, 0.25) is 0 Å². The Balaban J connectivity index is 2.45. The Hall–Kier alpha value is -1.22. The van der Waals surface area contributed by atoms with Crippen molar-refractivity contribution in [3.63, 3.8) is 0 Å². The Morgan fingerprint density at radius 1 is 1.67 bits per heavy atom. The molecule has 1 saturated heterocycles. The summed E-state index contributed by atoms with van der Waals surface area (Å²) < 4.78 is 0. The molecule has 0 aromatic carbocycles. The second-order valence-corrected chi connectivity index (χ2v) is 4.82. The zero-order valence-corrected chi connectivity index (χ0v) is 9.34. The molecule has 0 spiro atoms. The molecule has 0 aliphatic carbocycles. The molecule has 15 heavy (non-hydrogen) atoms. The van der Waals surface area contributed by atoms with E-state index >= 15 is 0 Å². The maximum absolute atomic E-state index is 11.5. The summed E-state index contributed by atoms with van der Waals surface area (Å²) in [4.78, 5) is 24.3. The van der Waals surface area contributed by atoms with Gasteiger partial charge in [-0.05, 0) is 0 Å². The summed E-state index contributed by atoms with van der Waals surface area (Å²) in [6.45, 7) is 3.11. The van der Waals surface area contributed by atoms with Crippen molar-refractivity contribution in [2.75, 3.05) is 25.4 Å². The van der Waals surface area contributed by atoms with E-state index in [9.17, 15) is 9.59 Å². The average molecular weight is 227 g/mol. The second-order valence-electron chi connectivity index (χ2n) is 3.27. The molecule has 1 atom stereocenters.